The molecule has 240 valence electrons. The lowest BCUT2D eigenvalue weighted by atomic mass is 9.85. The van der Waals surface area contributed by atoms with Crippen molar-refractivity contribution in [3.63, 3.8) is 0 Å². The quantitative estimate of drug-likeness (QED) is 0.168. The third-order valence-electron chi connectivity index (χ3n) is 9.72. The summed E-state index contributed by atoms with van der Waals surface area (Å²) >= 11 is 0. The minimum atomic E-state index is 0.691. The van der Waals surface area contributed by atoms with Crippen LogP contribution < -0.4 is 0 Å². The largest absolute Gasteiger partial charge is 0.261 e. The van der Waals surface area contributed by atoms with Crippen molar-refractivity contribution in [3.8, 4) is 67.3 Å². The molecule has 0 N–H and O–H groups in total. The highest BCUT2D eigenvalue weighted by atomic mass is 14.9. The van der Waals surface area contributed by atoms with E-state index in [1.807, 2.05) is 25.3 Å². The number of nitrogens with zero attached hydrogens (tertiary/aromatic N) is 3. The van der Waals surface area contributed by atoms with Crippen molar-refractivity contribution >= 4 is 21.5 Å². The zero-order valence-electron chi connectivity index (χ0n) is 28.2. The van der Waals surface area contributed by atoms with Gasteiger partial charge in [0, 0.05) is 34.1 Å². The zero-order valence-corrected chi connectivity index (χ0v) is 28.2. The van der Waals surface area contributed by atoms with E-state index in [1.54, 1.807) is 0 Å². The Labute approximate surface area is 297 Å². The molecular formula is C48H33N3. The maximum atomic E-state index is 5.15. The third-order valence-corrected chi connectivity index (χ3v) is 9.72. The van der Waals surface area contributed by atoms with Crippen LogP contribution in [-0.4, -0.2) is 15.0 Å². The monoisotopic (exact) mass is 651 g/mol. The van der Waals surface area contributed by atoms with Crippen LogP contribution in [0.3, 0.4) is 0 Å². The van der Waals surface area contributed by atoms with Crippen LogP contribution in [0.15, 0.2) is 182 Å². The van der Waals surface area contributed by atoms with Gasteiger partial charge in [0.25, 0.3) is 0 Å². The van der Waals surface area contributed by atoms with Gasteiger partial charge in [-0.05, 0) is 68.4 Å². The Bertz CT molecular complexity index is 2660. The first-order chi connectivity index (χ1) is 25.2. The number of aryl methyl sites for hydroxylation is 1. The predicted octanol–water partition coefficient (Wildman–Crippen LogP) is 12.5. The number of pyridine rings is 1. The van der Waals surface area contributed by atoms with Gasteiger partial charge in [-0.15, -0.1) is 0 Å². The molecule has 51 heavy (non-hydrogen) atoms. The van der Waals surface area contributed by atoms with Gasteiger partial charge in [0.1, 0.15) is 0 Å². The average molecular weight is 652 g/mol. The molecule has 9 rings (SSSR count). The van der Waals surface area contributed by atoms with Crippen LogP contribution in [-0.2, 0) is 0 Å². The van der Waals surface area contributed by atoms with E-state index in [0.29, 0.717) is 5.82 Å². The fraction of sp³-hybridized carbons (Fsp3) is 0.0208. The van der Waals surface area contributed by atoms with Crippen LogP contribution in [0.2, 0.25) is 0 Å². The standard InChI is InChI=1S/C48H33N3/c1-32-39(21-12-30-49-32)33-22-24-35(25-23-33)45-31-44(34-13-4-2-5-14-34)50-48(51-45)38-28-26-37(27-29-38)47-43-20-11-9-18-41(43)40-17-8-10-19-42(40)46(47)36-15-6-3-7-16-36/h2-31H,1H3. The third kappa shape index (κ3) is 5.65. The van der Waals surface area contributed by atoms with Crippen molar-refractivity contribution in [2.75, 3.05) is 0 Å². The molecule has 0 saturated heterocycles. The summed E-state index contributed by atoms with van der Waals surface area (Å²) < 4.78 is 0. The van der Waals surface area contributed by atoms with Gasteiger partial charge in [0.2, 0.25) is 0 Å². The van der Waals surface area contributed by atoms with E-state index < -0.39 is 0 Å². The molecule has 0 aliphatic rings. The van der Waals surface area contributed by atoms with Crippen LogP contribution in [0.4, 0.5) is 0 Å². The molecule has 3 heteroatoms. The maximum Gasteiger partial charge on any atom is 0.160 e. The summed E-state index contributed by atoms with van der Waals surface area (Å²) in [6.45, 7) is 2.04. The van der Waals surface area contributed by atoms with Gasteiger partial charge in [-0.25, -0.2) is 9.97 Å². The molecule has 0 amide bonds. The molecule has 2 aromatic heterocycles. The van der Waals surface area contributed by atoms with E-state index in [1.165, 1.54) is 38.2 Å². The molecule has 3 nitrogen and oxygen atoms in total. The Morgan fingerprint density at radius 1 is 0.353 bits per heavy atom. The minimum absolute atomic E-state index is 0.691. The molecule has 0 spiro atoms. The maximum absolute atomic E-state index is 5.15. The average Bonchev–Trinajstić information content (AvgIpc) is 3.21. The highest BCUT2D eigenvalue weighted by molar-refractivity contribution is 6.21. The van der Waals surface area contributed by atoms with Crippen LogP contribution in [0.1, 0.15) is 5.69 Å². The molecular weight excluding hydrogens is 619 g/mol. The number of hydrogen-bond donors (Lipinski definition) is 0. The molecule has 0 aliphatic heterocycles. The van der Waals surface area contributed by atoms with E-state index in [-0.39, 0.29) is 0 Å². The molecule has 0 saturated carbocycles. The fourth-order valence-electron chi connectivity index (χ4n) is 7.22. The molecule has 0 radical (unpaired) electrons. The van der Waals surface area contributed by atoms with E-state index >= 15 is 0 Å². The second kappa shape index (κ2) is 13.0. The topological polar surface area (TPSA) is 38.7 Å². The van der Waals surface area contributed by atoms with E-state index in [4.69, 9.17) is 9.97 Å². The lowest BCUT2D eigenvalue weighted by Crippen LogP contribution is -1.96. The molecule has 0 fully saturated rings. The Kier molecular flexibility index (Phi) is 7.71. The first kappa shape index (κ1) is 30.4. The fourth-order valence-corrected chi connectivity index (χ4v) is 7.22. The van der Waals surface area contributed by atoms with Gasteiger partial charge in [0.15, 0.2) is 5.82 Å². The van der Waals surface area contributed by atoms with Crippen molar-refractivity contribution < 1.29 is 0 Å². The van der Waals surface area contributed by atoms with Crippen molar-refractivity contribution in [1.29, 1.82) is 0 Å². The van der Waals surface area contributed by atoms with Gasteiger partial charge in [-0.1, -0.05) is 164 Å². The number of rotatable bonds is 6. The SMILES string of the molecule is Cc1ncccc1-c1ccc(-c2cc(-c3ccccc3)nc(-c3ccc(-c4c(-c5ccccc5)c5ccccc5c5ccccc45)cc3)n2)cc1. The molecule has 0 atom stereocenters. The lowest BCUT2D eigenvalue weighted by molar-refractivity contribution is 1.18. The smallest absolute Gasteiger partial charge is 0.160 e. The Hall–Kier alpha value is -6.71. The lowest BCUT2D eigenvalue weighted by Gasteiger charge is -2.18. The molecule has 7 aromatic carbocycles. The Balaban J connectivity index is 1.18. The van der Waals surface area contributed by atoms with Gasteiger partial charge >= 0.3 is 0 Å². The van der Waals surface area contributed by atoms with E-state index in [2.05, 4.69) is 169 Å². The second-order valence-corrected chi connectivity index (χ2v) is 12.8. The van der Waals surface area contributed by atoms with Crippen LogP contribution in [0, 0.1) is 6.92 Å². The van der Waals surface area contributed by atoms with Crippen molar-refractivity contribution in [1.82, 2.24) is 15.0 Å². The number of benzene rings is 7. The van der Waals surface area contributed by atoms with Gasteiger partial charge in [0.05, 0.1) is 11.4 Å². The van der Waals surface area contributed by atoms with Crippen LogP contribution in [0.5, 0.6) is 0 Å². The van der Waals surface area contributed by atoms with Gasteiger partial charge in [-0.3, -0.25) is 4.98 Å². The first-order valence-corrected chi connectivity index (χ1v) is 17.3. The van der Waals surface area contributed by atoms with E-state index in [9.17, 15) is 0 Å². The summed E-state index contributed by atoms with van der Waals surface area (Å²) in [5.74, 6) is 0.691. The summed E-state index contributed by atoms with van der Waals surface area (Å²) in [6, 6.07) is 62.1. The highest BCUT2D eigenvalue weighted by Gasteiger charge is 2.18. The summed E-state index contributed by atoms with van der Waals surface area (Å²) in [6.07, 6.45) is 1.83. The summed E-state index contributed by atoms with van der Waals surface area (Å²) in [5.41, 5.74) is 12.9. The molecule has 0 aliphatic carbocycles. The number of fused-ring (bicyclic) bond motifs is 3. The molecule has 0 unspecified atom stereocenters. The summed E-state index contributed by atoms with van der Waals surface area (Å²) in [7, 11) is 0. The number of aromatic nitrogens is 3. The molecule has 0 bridgehead atoms. The summed E-state index contributed by atoms with van der Waals surface area (Å²) in [5, 5.41) is 4.99. The van der Waals surface area contributed by atoms with Crippen LogP contribution in [0.25, 0.3) is 88.8 Å². The first-order valence-electron chi connectivity index (χ1n) is 17.3. The molecule has 9 aromatic rings. The summed E-state index contributed by atoms with van der Waals surface area (Å²) in [4.78, 5) is 14.7. The minimum Gasteiger partial charge on any atom is -0.261 e. The van der Waals surface area contributed by atoms with Crippen molar-refractivity contribution in [3.05, 3.63) is 188 Å². The molecule has 2 heterocycles. The zero-order chi connectivity index (χ0) is 34.1. The van der Waals surface area contributed by atoms with E-state index in [0.717, 1.165) is 50.5 Å². The van der Waals surface area contributed by atoms with Crippen molar-refractivity contribution in [2.24, 2.45) is 0 Å². The predicted molar refractivity (Wildman–Crippen MR) is 212 cm³/mol. The normalized spacial score (nSPS) is 11.2. The van der Waals surface area contributed by atoms with Crippen LogP contribution >= 0.6 is 0 Å². The second-order valence-electron chi connectivity index (χ2n) is 12.8. The van der Waals surface area contributed by atoms with Gasteiger partial charge < -0.3 is 0 Å². The highest BCUT2D eigenvalue weighted by Crippen LogP contribution is 2.44. The van der Waals surface area contributed by atoms with Gasteiger partial charge in [-0.2, -0.15) is 0 Å². The van der Waals surface area contributed by atoms with Crippen molar-refractivity contribution in [2.45, 2.75) is 6.92 Å². The Morgan fingerprint density at radius 3 is 1.35 bits per heavy atom. The Morgan fingerprint density at radius 2 is 0.784 bits per heavy atom. The number of hydrogen-bond acceptors (Lipinski definition) is 3.